The molecule has 0 heterocycles. The first kappa shape index (κ1) is 33.8. The molecule has 5 nitrogen and oxygen atoms in total. The number of hydrogen-bond acceptors (Lipinski definition) is 5. The van der Waals surface area contributed by atoms with Crippen molar-refractivity contribution in [3.63, 3.8) is 0 Å². The first-order valence-electron chi connectivity index (χ1n) is 15.3. The highest BCUT2D eigenvalue weighted by Crippen LogP contribution is 2.45. The van der Waals surface area contributed by atoms with E-state index in [2.05, 4.69) is 78.5 Å². The van der Waals surface area contributed by atoms with Gasteiger partial charge in [-0.1, -0.05) is 109 Å². The van der Waals surface area contributed by atoms with Crippen molar-refractivity contribution < 1.29 is 23.3 Å². The number of carbonyl (C=O) groups is 1. The van der Waals surface area contributed by atoms with Crippen LogP contribution in [0.25, 0.3) is 0 Å². The van der Waals surface area contributed by atoms with Gasteiger partial charge in [0.05, 0.1) is 0 Å². The number of allylic oxidation sites excluding steroid dienone is 5. The maximum Gasteiger partial charge on any atom is 0.286 e. The lowest BCUT2D eigenvalue weighted by atomic mass is 9.86. The lowest BCUT2D eigenvalue weighted by Crippen LogP contribution is -2.15. The molecule has 0 aromatic heterocycles. The van der Waals surface area contributed by atoms with Crippen LogP contribution in [0, 0.1) is 0 Å². The maximum atomic E-state index is 12.6. The predicted molar refractivity (Wildman–Crippen MR) is 186 cm³/mol. The van der Waals surface area contributed by atoms with Crippen molar-refractivity contribution >= 4 is 14.2 Å². The van der Waals surface area contributed by atoms with Gasteiger partial charge in [-0.25, -0.2) is 0 Å². The Balaban J connectivity index is 1.45. The van der Waals surface area contributed by atoms with Crippen LogP contribution in [0.4, 0.5) is 0 Å². The van der Waals surface area contributed by atoms with Gasteiger partial charge in [-0.15, -0.1) is 0 Å². The molecule has 0 amide bonds. The smallest absolute Gasteiger partial charge is 0.286 e. The van der Waals surface area contributed by atoms with Crippen LogP contribution in [0.3, 0.4) is 0 Å². The normalized spacial score (nSPS) is 13.8. The van der Waals surface area contributed by atoms with Gasteiger partial charge in [0, 0.05) is 23.4 Å². The molecule has 6 heteroatoms. The van der Waals surface area contributed by atoms with E-state index in [1.807, 2.05) is 61.3 Å². The van der Waals surface area contributed by atoms with E-state index < -0.39 is 8.38 Å². The summed E-state index contributed by atoms with van der Waals surface area (Å²) in [6, 6.07) is 20.8. The average Bonchev–Trinajstić information content (AvgIpc) is 3.29. The molecule has 0 radical (unpaired) electrons. The summed E-state index contributed by atoms with van der Waals surface area (Å²) in [4.78, 5) is 12.6. The van der Waals surface area contributed by atoms with E-state index in [9.17, 15) is 4.79 Å². The molecule has 0 N–H and O–H groups in total. The van der Waals surface area contributed by atoms with Crippen molar-refractivity contribution in [1.82, 2.24) is 0 Å². The van der Waals surface area contributed by atoms with Crippen LogP contribution >= 0.6 is 8.38 Å². The van der Waals surface area contributed by atoms with Gasteiger partial charge in [-0.2, -0.15) is 0 Å². The Morgan fingerprint density at radius 2 is 1.33 bits per heavy atom. The van der Waals surface area contributed by atoms with E-state index in [1.165, 1.54) is 0 Å². The van der Waals surface area contributed by atoms with Crippen LogP contribution in [-0.4, -0.2) is 25.7 Å². The van der Waals surface area contributed by atoms with Gasteiger partial charge >= 0.3 is 0 Å². The zero-order valence-electron chi connectivity index (χ0n) is 27.6. The van der Waals surface area contributed by atoms with Crippen LogP contribution in [0.1, 0.15) is 69.4 Å². The van der Waals surface area contributed by atoms with Gasteiger partial charge < -0.3 is 18.5 Å². The molecule has 1 atom stereocenters. The summed E-state index contributed by atoms with van der Waals surface area (Å²) in [6.07, 6.45) is 11.4. The number of hydrogen-bond donors (Lipinski definition) is 0. The fourth-order valence-electron chi connectivity index (χ4n) is 4.75. The second-order valence-electron chi connectivity index (χ2n) is 13.1. The number of Topliss-reactive ketones (excluding diaryl/α,β-unsaturated/α-hetero) is 1. The fraction of sp³-hybridized carbons (Fsp3) is 0.308. The zero-order valence-corrected chi connectivity index (χ0v) is 28.4. The molecular weight excluding hydrogens is 579 g/mol. The molecule has 0 saturated heterocycles. The third kappa shape index (κ3) is 9.70. The number of ketones is 1. The highest BCUT2D eigenvalue weighted by Gasteiger charge is 2.25. The summed E-state index contributed by atoms with van der Waals surface area (Å²) in [5.74, 6) is 2.80. The Labute approximate surface area is 270 Å². The molecule has 3 aromatic rings. The number of rotatable bonds is 12. The Kier molecular flexibility index (Phi) is 11.1. The van der Waals surface area contributed by atoms with Crippen molar-refractivity contribution in [2.75, 3.05) is 19.9 Å². The molecule has 0 bridgehead atoms. The number of benzene rings is 3. The molecule has 0 saturated carbocycles. The van der Waals surface area contributed by atoms with E-state index >= 15 is 0 Å². The highest BCUT2D eigenvalue weighted by atomic mass is 31.2. The Bertz CT molecular complexity index is 1590. The topological polar surface area (TPSA) is 54.0 Å². The van der Waals surface area contributed by atoms with Crippen LogP contribution in [0.15, 0.2) is 115 Å². The third-order valence-corrected chi connectivity index (χ3v) is 8.15. The molecule has 1 aliphatic rings. The Hall–Kier alpha value is -4.08. The lowest BCUT2D eigenvalue weighted by Gasteiger charge is -2.27. The second kappa shape index (κ2) is 14.8. The molecule has 236 valence electrons. The summed E-state index contributed by atoms with van der Waals surface area (Å²) >= 11 is 0. The minimum Gasteiger partial charge on any atom is -0.489 e. The standard InChI is InChI=1S/C39H45O5P/c1-28(29-16-12-9-10-13-17-29)26-41-31-20-22-36(33(24-31)38(2,3)4)43-45(8)44-37-23-21-32(25-34(37)39(5,6)7)42-27-35(40)30-18-14-11-15-19-30/h9,11-25H,1,10,26-27H2,2-8H3. The molecule has 0 spiro atoms. The molecule has 0 fully saturated rings. The van der Waals surface area contributed by atoms with Crippen molar-refractivity contribution in [3.05, 3.63) is 132 Å². The van der Waals surface area contributed by atoms with Crippen molar-refractivity contribution in [2.24, 2.45) is 0 Å². The molecule has 0 aliphatic heterocycles. The van der Waals surface area contributed by atoms with Gasteiger partial charge in [0.2, 0.25) is 0 Å². The molecule has 45 heavy (non-hydrogen) atoms. The van der Waals surface area contributed by atoms with E-state index in [4.69, 9.17) is 18.5 Å². The number of carbonyl (C=O) groups excluding carboxylic acids is 1. The minimum atomic E-state index is -1.33. The molecule has 1 aliphatic carbocycles. The minimum absolute atomic E-state index is 0.0347. The largest absolute Gasteiger partial charge is 0.489 e. The summed E-state index contributed by atoms with van der Waals surface area (Å²) in [7, 11) is -1.33. The highest BCUT2D eigenvalue weighted by molar-refractivity contribution is 7.47. The SMILES string of the molecule is C=C(COc1ccc(OP(C)Oc2ccc(OCC(=O)c3ccccc3)cc2C(C)(C)C)c(C(C)(C)C)c1)C1=CC=CCC=C1. The zero-order chi connectivity index (χ0) is 32.6. The first-order valence-corrected chi connectivity index (χ1v) is 16.9. The van der Waals surface area contributed by atoms with Crippen molar-refractivity contribution in [1.29, 1.82) is 0 Å². The molecule has 4 rings (SSSR count). The Morgan fingerprint density at radius 1 is 0.778 bits per heavy atom. The van der Waals surface area contributed by atoms with Crippen LogP contribution < -0.4 is 18.5 Å². The maximum absolute atomic E-state index is 12.6. The molecule has 1 unspecified atom stereocenters. The fourth-order valence-corrected chi connectivity index (χ4v) is 5.66. The van der Waals surface area contributed by atoms with E-state index in [0.717, 1.165) is 45.9 Å². The average molecular weight is 625 g/mol. The number of ether oxygens (including phenoxy) is 2. The summed E-state index contributed by atoms with van der Waals surface area (Å²) in [5, 5.41) is 0. The van der Waals surface area contributed by atoms with E-state index in [0.29, 0.717) is 17.9 Å². The van der Waals surface area contributed by atoms with Gasteiger partial charge in [-0.05, 0) is 64.8 Å². The monoisotopic (exact) mass is 624 g/mol. The lowest BCUT2D eigenvalue weighted by molar-refractivity contribution is 0.0921. The van der Waals surface area contributed by atoms with Gasteiger partial charge in [0.25, 0.3) is 8.38 Å². The van der Waals surface area contributed by atoms with E-state index in [-0.39, 0.29) is 23.2 Å². The van der Waals surface area contributed by atoms with Crippen molar-refractivity contribution in [2.45, 2.75) is 58.8 Å². The summed E-state index contributed by atoms with van der Waals surface area (Å²) in [6.45, 7) is 19.4. The van der Waals surface area contributed by atoms with Crippen LogP contribution in [0.5, 0.6) is 23.0 Å². The third-order valence-electron chi connectivity index (χ3n) is 7.24. The van der Waals surface area contributed by atoms with Crippen molar-refractivity contribution in [3.8, 4) is 23.0 Å². The van der Waals surface area contributed by atoms with Gasteiger partial charge in [0.1, 0.15) is 29.6 Å². The van der Waals surface area contributed by atoms with Crippen LogP contribution in [0.2, 0.25) is 0 Å². The molecule has 3 aromatic carbocycles. The molecular formula is C39H45O5P. The second-order valence-corrected chi connectivity index (χ2v) is 14.3. The summed E-state index contributed by atoms with van der Waals surface area (Å²) in [5.41, 5.74) is 4.21. The first-order chi connectivity index (χ1) is 21.3. The van der Waals surface area contributed by atoms with Crippen LogP contribution in [-0.2, 0) is 10.8 Å². The summed E-state index contributed by atoms with van der Waals surface area (Å²) < 4.78 is 25.0. The predicted octanol–water partition coefficient (Wildman–Crippen LogP) is 10.3. The quantitative estimate of drug-likeness (QED) is 0.148. The van der Waals surface area contributed by atoms with Gasteiger partial charge in [0.15, 0.2) is 12.4 Å². The Morgan fingerprint density at radius 3 is 1.89 bits per heavy atom. The van der Waals surface area contributed by atoms with Gasteiger partial charge in [-0.3, -0.25) is 4.79 Å². The van der Waals surface area contributed by atoms with E-state index in [1.54, 1.807) is 12.1 Å².